The lowest BCUT2D eigenvalue weighted by Gasteiger charge is -2.15. The van der Waals surface area contributed by atoms with Gasteiger partial charge in [0.05, 0.1) is 12.6 Å². The van der Waals surface area contributed by atoms with Crippen molar-refractivity contribution in [3.05, 3.63) is 35.9 Å². The van der Waals surface area contributed by atoms with E-state index >= 15 is 0 Å². The molecule has 1 amide bonds. The maximum Gasteiger partial charge on any atom is 0.233 e. The Hall–Kier alpha value is -1.35. The fourth-order valence-corrected chi connectivity index (χ4v) is 1.46. The van der Waals surface area contributed by atoms with Gasteiger partial charge >= 0.3 is 0 Å². The van der Waals surface area contributed by atoms with E-state index in [0.29, 0.717) is 12.6 Å². The molecule has 1 aliphatic rings. The van der Waals surface area contributed by atoms with Gasteiger partial charge < -0.3 is 0 Å². The second kappa shape index (κ2) is 4.94. The molecule has 0 unspecified atom stereocenters. The van der Waals surface area contributed by atoms with Crippen LogP contribution in [0.15, 0.2) is 30.3 Å². The van der Waals surface area contributed by atoms with Gasteiger partial charge in [0, 0.05) is 0 Å². The molecule has 0 atom stereocenters. The molecule has 0 heterocycles. The van der Waals surface area contributed by atoms with Crippen LogP contribution in [0.1, 0.15) is 18.4 Å². The summed E-state index contributed by atoms with van der Waals surface area (Å²) in [5, 5.41) is 1.45. The highest BCUT2D eigenvalue weighted by Crippen LogP contribution is 2.25. The Bertz CT molecular complexity index is 309. The summed E-state index contributed by atoms with van der Waals surface area (Å²) in [5.74, 6) is 0. The van der Waals surface area contributed by atoms with Gasteiger partial charge in [-0.3, -0.25) is 9.63 Å². The Kier molecular flexibility index (Phi) is 3.35. The van der Waals surface area contributed by atoms with E-state index in [0.717, 1.165) is 25.7 Å². The van der Waals surface area contributed by atoms with Crippen molar-refractivity contribution in [2.45, 2.75) is 25.3 Å². The third kappa shape index (κ3) is 3.06. The maximum atomic E-state index is 10.6. The third-order valence-corrected chi connectivity index (χ3v) is 2.48. The smallest absolute Gasteiger partial charge is 0.233 e. The number of hydrogen-bond donors (Lipinski definition) is 0. The first-order chi connectivity index (χ1) is 7.40. The summed E-state index contributed by atoms with van der Waals surface area (Å²) in [6.45, 7) is 0.569. The van der Waals surface area contributed by atoms with Crippen molar-refractivity contribution in [3.8, 4) is 0 Å². The topological polar surface area (TPSA) is 29.5 Å². The van der Waals surface area contributed by atoms with E-state index in [9.17, 15) is 4.79 Å². The molecule has 0 radical (unpaired) electrons. The highest BCUT2D eigenvalue weighted by atomic mass is 16.7. The average Bonchev–Trinajstić information content (AvgIpc) is 3.10. The van der Waals surface area contributed by atoms with E-state index in [1.165, 1.54) is 10.6 Å². The lowest BCUT2D eigenvalue weighted by Crippen LogP contribution is -2.25. The largest absolute Gasteiger partial charge is 0.276 e. The molecule has 0 aliphatic heterocycles. The van der Waals surface area contributed by atoms with Gasteiger partial charge in [-0.05, 0) is 24.8 Å². The highest BCUT2D eigenvalue weighted by Gasteiger charge is 2.28. The fraction of sp³-hybridized carbons (Fsp3) is 0.417. The van der Waals surface area contributed by atoms with Gasteiger partial charge in [-0.2, -0.15) is 0 Å². The maximum absolute atomic E-state index is 10.6. The lowest BCUT2D eigenvalue weighted by atomic mass is 10.2. The molecule has 0 spiro atoms. The Morgan fingerprint density at radius 3 is 2.67 bits per heavy atom. The predicted molar refractivity (Wildman–Crippen MR) is 57.0 cm³/mol. The lowest BCUT2D eigenvalue weighted by molar-refractivity contribution is -0.175. The molecule has 1 aromatic carbocycles. The van der Waals surface area contributed by atoms with Gasteiger partial charge in [0.2, 0.25) is 6.41 Å². The van der Waals surface area contributed by atoms with Gasteiger partial charge in [-0.25, -0.2) is 5.06 Å². The molecule has 3 nitrogen and oxygen atoms in total. The summed E-state index contributed by atoms with van der Waals surface area (Å²) in [7, 11) is 0. The Labute approximate surface area is 89.6 Å². The quantitative estimate of drug-likeness (QED) is 0.523. The second-order valence-electron chi connectivity index (χ2n) is 3.77. The van der Waals surface area contributed by atoms with Gasteiger partial charge in [0.1, 0.15) is 0 Å². The fourth-order valence-electron chi connectivity index (χ4n) is 1.46. The van der Waals surface area contributed by atoms with E-state index in [4.69, 9.17) is 4.84 Å². The third-order valence-electron chi connectivity index (χ3n) is 2.48. The molecular formula is C12H15NO2. The van der Waals surface area contributed by atoms with Crippen molar-refractivity contribution in [2.24, 2.45) is 0 Å². The van der Waals surface area contributed by atoms with Gasteiger partial charge in [-0.1, -0.05) is 30.3 Å². The van der Waals surface area contributed by atoms with Crippen LogP contribution in [0.3, 0.4) is 0 Å². The monoisotopic (exact) mass is 205 g/mol. The summed E-state index contributed by atoms with van der Waals surface area (Å²) >= 11 is 0. The molecular weight excluding hydrogens is 190 g/mol. The van der Waals surface area contributed by atoms with Crippen LogP contribution < -0.4 is 0 Å². The minimum atomic E-state index is 0.332. The minimum Gasteiger partial charge on any atom is -0.276 e. The first-order valence-corrected chi connectivity index (χ1v) is 5.30. The molecule has 0 saturated heterocycles. The molecule has 15 heavy (non-hydrogen) atoms. The molecule has 1 fully saturated rings. The minimum absolute atomic E-state index is 0.332. The highest BCUT2D eigenvalue weighted by molar-refractivity contribution is 5.46. The molecule has 2 rings (SSSR count). The van der Waals surface area contributed by atoms with Crippen molar-refractivity contribution in [3.63, 3.8) is 0 Å². The van der Waals surface area contributed by atoms with E-state index in [-0.39, 0.29) is 0 Å². The molecule has 0 bridgehead atoms. The predicted octanol–water partition coefficient (Wildman–Crippen LogP) is 1.78. The number of hydrogen-bond acceptors (Lipinski definition) is 2. The standard InChI is InChI=1S/C12H15NO2/c14-10-13(12-6-7-12)15-9-8-11-4-2-1-3-5-11/h1-5,10,12H,6-9H2. The van der Waals surface area contributed by atoms with Crippen molar-refractivity contribution >= 4 is 6.41 Å². The van der Waals surface area contributed by atoms with E-state index in [1.807, 2.05) is 18.2 Å². The first-order valence-electron chi connectivity index (χ1n) is 5.30. The van der Waals surface area contributed by atoms with Gasteiger partial charge in [0.15, 0.2) is 0 Å². The molecule has 1 saturated carbocycles. The Balaban J connectivity index is 1.72. The van der Waals surface area contributed by atoms with Crippen LogP contribution in [0, 0.1) is 0 Å². The van der Waals surface area contributed by atoms with Crippen LogP contribution >= 0.6 is 0 Å². The molecule has 80 valence electrons. The zero-order chi connectivity index (χ0) is 10.5. The summed E-state index contributed by atoms with van der Waals surface area (Å²) in [6.07, 6.45) is 3.77. The Morgan fingerprint density at radius 2 is 2.07 bits per heavy atom. The van der Waals surface area contributed by atoms with Crippen LogP contribution in [-0.4, -0.2) is 24.1 Å². The van der Waals surface area contributed by atoms with Gasteiger partial charge in [-0.15, -0.1) is 0 Å². The molecule has 0 aromatic heterocycles. The molecule has 1 aliphatic carbocycles. The number of amides is 1. The van der Waals surface area contributed by atoms with Crippen molar-refractivity contribution in [1.82, 2.24) is 5.06 Å². The molecule has 0 N–H and O–H groups in total. The zero-order valence-electron chi connectivity index (χ0n) is 8.63. The molecule has 3 heteroatoms. The van der Waals surface area contributed by atoms with Crippen LogP contribution in [0.4, 0.5) is 0 Å². The van der Waals surface area contributed by atoms with Crippen molar-refractivity contribution < 1.29 is 9.63 Å². The first kappa shape index (κ1) is 10.2. The van der Waals surface area contributed by atoms with Crippen molar-refractivity contribution in [2.75, 3.05) is 6.61 Å². The van der Waals surface area contributed by atoms with Crippen LogP contribution in [0.25, 0.3) is 0 Å². The number of hydroxylamine groups is 2. The second-order valence-corrected chi connectivity index (χ2v) is 3.77. The summed E-state index contributed by atoms with van der Waals surface area (Å²) in [4.78, 5) is 16.0. The van der Waals surface area contributed by atoms with E-state index < -0.39 is 0 Å². The summed E-state index contributed by atoms with van der Waals surface area (Å²) < 4.78 is 0. The van der Waals surface area contributed by atoms with Crippen LogP contribution in [0.2, 0.25) is 0 Å². The number of carbonyl (C=O) groups is 1. The Morgan fingerprint density at radius 1 is 1.33 bits per heavy atom. The van der Waals surface area contributed by atoms with E-state index in [2.05, 4.69) is 12.1 Å². The average molecular weight is 205 g/mol. The number of nitrogens with zero attached hydrogens (tertiary/aromatic N) is 1. The zero-order valence-corrected chi connectivity index (χ0v) is 8.63. The SMILES string of the molecule is O=CN(OCCc1ccccc1)C1CC1. The number of rotatable bonds is 6. The summed E-state index contributed by atoms with van der Waals surface area (Å²) in [6, 6.07) is 10.5. The van der Waals surface area contributed by atoms with Crippen LogP contribution in [0.5, 0.6) is 0 Å². The van der Waals surface area contributed by atoms with E-state index in [1.54, 1.807) is 0 Å². The summed E-state index contributed by atoms with van der Waals surface area (Å²) in [5.41, 5.74) is 1.24. The van der Waals surface area contributed by atoms with Crippen LogP contribution in [-0.2, 0) is 16.1 Å². The molecule has 1 aromatic rings. The van der Waals surface area contributed by atoms with Gasteiger partial charge in [0.25, 0.3) is 0 Å². The normalized spacial score (nSPS) is 14.9. The number of carbonyl (C=O) groups excluding carboxylic acids is 1. The van der Waals surface area contributed by atoms with Crippen molar-refractivity contribution in [1.29, 1.82) is 0 Å². The number of benzene rings is 1.